The molecule has 1 unspecified atom stereocenters. The molecular weight excluding hydrogens is 294 g/mol. The molecular formula is C19H22ClNO. The largest absolute Gasteiger partial charge is 0.400 e. The lowest BCUT2D eigenvalue weighted by Crippen LogP contribution is -2.57. The zero-order valence-corrected chi connectivity index (χ0v) is 13.4. The summed E-state index contributed by atoms with van der Waals surface area (Å²) >= 11 is 7.06. The van der Waals surface area contributed by atoms with E-state index in [1.807, 2.05) is 30.4 Å². The average Bonchev–Trinajstić information content (AvgIpc) is 3.42. The van der Waals surface area contributed by atoms with Crippen molar-refractivity contribution in [3.05, 3.63) is 53.7 Å². The van der Waals surface area contributed by atoms with Crippen molar-refractivity contribution in [3.8, 4) is 0 Å². The van der Waals surface area contributed by atoms with Gasteiger partial charge in [-0.25, -0.2) is 0 Å². The van der Waals surface area contributed by atoms with E-state index in [2.05, 4.69) is 12.1 Å². The van der Waals surface area contributed by atoms with Gasteiger partial charge in [-0.2, -0.15) is 0 Å². The number of hydrogen-bond acceptors (Lipinski definition) is 2. The van der Waals surface area contributed by atoms with Crippen molar-refractivity contribution in [1.29, 1.82) is 0 Å². The monoisotopic (exact) mass is 315 g/mol. The van der Waals surface area contributed by atoms with Gasteiger partial charge in [0.05, 0.1) is 5.60 Å². The van der Waals surface area contributed by atoms with E-state index in [1.54, 1.807) is 0 Å². The number of aliphatic hydroxyl groups is 1. The number of alkyl halides is 1. The summed E-state index contributed by atoms with van der Waals surface area (Å²) in [5.41, 5.74) is 8.37. The van der Waals surface area contributed by atoms with Crippen LogP contribution in [0.1, 0.15) is 37.7 Å². The minimum atomic E-state index is -0.866. The molecule has 1 atom stereocenters. The van der Waals surface area contributed by atoms with Gasteiger partial charge in [0.15, 0.2) is 0 Å². The van der Waals surface area contributed by atoms with Crippen LogP contribution in [0.5, 0.6) is 0 Å². The Morgan fingerprint density at radius 3 is 2.18 bits per heavy atom. The first kappa shape index (κ1) is 14.3. The highest BCUT2D eigenvalue weighted by molar-refractivity contribution is 6.27. The van der Waals surface area contributed by atoms with Crippen molar-refractivity contribution in [1.82, 2.24) is 0 Å². The van der Waals surface area contributed by atoms with Gasteiger partial charge in [-0.05, 0) is 54.7 Å². The molecule has 1 aromatic rings. The Morgan fingerprint density at radius 1 is 1.05 bits per heavy atom. The Bertz CT molecular complexity index is 631. The molecule has 116 valence electrons. The van der Waals surface area contributed by atoms with Crippen LogP contribution < -0.4 is 5.73 Å². The Hall–Kier alpha value is -1.25. The number of hydrogen-bond donors (Lipinski definition) is 2. The van der Waals surface area contributed by atoms with Gasteiger partial charge in [0, 0.05) is 12.1 Å². The van der Waals surface area contributed by atoms with Crippen LogP contribution in [0.25, 0.3) is 5.57 Å². The number of nitrogens with two attached hydrogens (primary N) is 1. The molecule has 0 aromatic heterocycles. The Morgan fingerprint density at radius 2 is 1.64 bits per heavy atom. The summed E-state index contributed by atoms with van der Waals surface area (Å²) in [5, 5.41) is 11.5. The molecule has 22 heavy (non-hydrogen) atoms. The van der Waals surface area contributed by atoms with Gasteiger partial charge in [-0.15, -0.1) is 11.6 Å². The van der Waals surface area contributed by atoms with Gasteiger partial charge in [0.2, 0.25) is 0 Å². The van der Waals surface area contributed by atoms with Crippen molar-refractivity contribution >= 4 is 17.2 Å². The fourth-order valence-electron chi connectivity index (χ4n) is 4.00. The molecule has 0 radical (unpaired) electrons. The third kappa shape index (κ3) is 2.04. The van der Waals surface area contributed by atoms with E-state index in [0.29, 0.717) is 24.0 Å². The zero-order valence-electron chi connectivity index (χ0n) is 12.6. The van der Waals surface area contributed by atoms with Crippen LogP contribution in [0.4, 0.5) is 0 Å². The lowest BCUT2D eigenvalue weighted by atomic mass is 9.71. The highest BCUT2D eigenvalue weighted by atomic mass is 35.5. The zero-order chi connectivity index (χ0) is 15.4. The second-order valence-electron chi connectivity index (χ2n) is 7.03. The van der Waals surface area contributed by atoms with Crippen molar-refractivity contribution in [3.63, 3.8) is 0 Å². The second-order valence-corrected chi connectivity index (χ2v) is 7.68. The van der Waals surface area contributed by atoms with Gasteiger partial charge >= 0.3 is 0 Å². The van der Waals surface area contributed by atoms with E-state index in [0.717, 1.165) is 36.8 Å². The number of rotatable bonds is 4. The van der Waals surface area contributed by atoms with E-state index >= 15 is 0 Å². The third-order valence-corrected chi connectivity index (χ3v) is 6.19. The quantitative estimate of drug-likeness (QED) is 0.829. The first-order chi connectivity index (χ1) is 10.6. The van der Waals surface area contributed by atoms with Crippen LogP contribution in [-0.2, 0) is 0 Å². The molecule has 3 aliphatic rings. The lowest BCUT2D eigenvalue weighted by molar-refractivity contribution is -0.0339. The SMILES string of the molecule is NC1=CC=C(c2ccccc2)CC1(Cl)C(O)(C1CC1)C1CC1. The predicted molar refractivity (Wildman–Crippen MR) is 90.3 cm³/mol. The summed E-state index contributed by atoms with van der Waals surface area (Å²) in [5.74, 6) is 0.610. The highest BCUT2D eigenvalue weighted by Crippen LogP contribution is 2.62. The Balaban J connectivity index is 1.73. The molecule has 2 fully saturated rings. The number of allylic oxidation sites excluding steroid dienone is 3. The van der Waals surface area contributed by atoms with E-state index in [4.69, 9.17) is 17.3 Å². The van der Waals surface area contributed by atoms with E-state index in [-0.39, 0.29) is 0 Å². The molecule has 0 spiro atoms. The molecule has 2 saturated carbocycles. The minimum Gasteiger partial charge on any atom is -0.400 e. The maximum atomic E-state index is 11.5. The second kappa shape index (κ2) is 4.87. The van der Waals surface area contributed by atoms with Crippen molar-refractivity contribution < 1.29 is 5.11 Å². The van der Waals surface area contributed by atoms with Crippen LogP contribution in [0.3, 0.4) is 0 Å². The maximum absolute atomic E-state index is 11.5. The molecule has 0 amide bonds. The summed E-state index contributed by atoms with van der Waals surface area (Å²) in [7, 11) is 0. The van der Waals surface area contributed by atoms with Gasteiger partial charge in [-0.1, -0.05) is 36.4 Å². The number of benzene rings is 1. The molecule has 3 heteroatoms. The van der Waals surface area contributed by atoms with Crippen molar-refractivity contribution in [2.45, 2.75) is 42.6 Å². The van der Waals surface area contributed by atoms with Crippen LogP contribution >= 0.6 is 11.6 Å². The van der Waals surface area contributed by atoms with E-state index in [9.17, 15) is 5.11 Å². The van der Waals surface area contributed by atoms with Gasteiger partial charge in [0.25, 0.3) is 0 Å². The molecule has 0 heterocycles. The molecule has 3 aliphatic carbocycles. The Labute approximate surface area is 136 Å². The van der Waals surface area contributed by atoms with Gasteiger partial charge in [0.1, 0.15) is 4.87 Å². The molecule has 0 aliphatic heterocycles. The molecule has 1 aromatic carbocycles. The highest BCUT2D eigenvalue weighted by Gasteiger charge is 2.65. The molecule has 0 saturated heterocycles. The molecule has 0 bridgehead atoms. The fourth-order valence-corrected chi connectivity index (χ4v) is 4.51. The summed E-state index contributed by atoms with van der Waals surface area (Å²) in [6, 6.07) is 10.2. The molecule has 4 rings (SSSR count). The Kier molecular flexibility index (Phi) is 3.18. The average molecular weight is 316 g/mol. The third-order valence-electron chi connectivity index (χ3n) is 5.53. The van der Waals surface area contributed by atoms with Crippen LogP contribution in [0, 0.1) is 11.8 Å². The molecule has 3 N–H and O–H groups in total. The first-order valence-corrected chi connectivity index (χ1v) is 8.57. The summed E-state index contributed by atoms with van der Waals surface area (Å²) in [6.45, 7) is 0. The lowest BCUT2D eigenvalue weighted by Gasteiger charge is -2.46. The van der Waals surface area contributed by atoms with Crippen molar-refractivity contribution in [2.75, 3.05) is 0 Å². The summed E-state index contributed by atoms with van der Waals surface area (Å²) in [6.07, 6.45) is 8.82. The van der Waals surface area contributed by atoms with Gasteiger partial charge in [-0.3, -0.25) is 0 Å². The van der Waals surface area contributed by atoms with Crippen LogP contribution in [0.2, 0.25) is 0 Å². The summed E-state index contributed by atoms with van der Waals surface area (Å²) < 4.78 is 0. The topological polar surface area (TPSA) is 46.2 Å². The fraction of sp³-hybridized carbons (Fsp3) is 0.474. The molecule has 2 nitrogen and oxygen atoms in total. The summed E-state index contributed by atoms with van der Waals surface area (Å²) in [4.78, 5) is -0.866. The smallest absolute Gasteiger partial charge is 0.117 e. The van der Waals surface area contributed by atoms with Gasteiger partial charge < -0.3 is 10.8 Å². The van der Waals surface area contributed by atoms with Crippen LogP contribution in [0.15, 0.2) is 48.2 Å². The number of halogens is 1. The van der Waals surface area contributed by atoms with Crippen molar-refractivity contribution in [2.24, 2.45) is 17.6 Å². The maximum Gasteiger partial charge on any atom is 0.117 e. The van der Waals surface area contributed by atoms with E-state index in [1.165, 1.54) is 0 Å². The standard InChI is InChI=1S/C19H22ClNO/c20-18(19(22,15-7-8-15)16-9-10-16)12-14(6-11-17(18)21)13-4-2-1-3-5-13/h1-6,11,15-16,22H,7-10,12,21H2. The normalized spacial score (nSPS) is 29.0. The first-order valence-electron chi connectivity index (χ1n) is 8.19. The minimum absolute atomic E-state index is 0.305. The van der Waals surface area contributed by atoms with E-state index < -0.39 is 10.5 Å². The van der Waals surface area contributed by atoms with Crippen LogP contribution in [-0.4, -0.2) is 15.6 Å². The predicted octanol–water partition coefficient (Wildman–Crippen LogP) is 3.85.